The SMILES string of the molecule is CC(O)(CNc1ccc2nnc(C(F)F)n2n1)c1cccc(Cl)c1. The summed E-state index contributed by atoms with van der Waals surface area (Å²) < 4.78 is 26.7. The van der Waals surface area contributed by atoms with Gasteiger partial charge in [-0.2, -0.15) is 4.52 Å². The van der Waals surface area contributed by atoms with Crippen molar-refractivity contribution < 1.29 is 13.9 Å². The maximum absolute atomic E-state index is 12.9. The Morgan fingerprint density at radius 1 is 1.29 bits per heavy atom. The first kappa shape index (κ1) is 16.5. The number of fused-ring (bicyclic) bond motifs is 1. The van der Waals surface area contributed by atoms with Crippen LogP contribution in [-0.4, -0.2) is 31.5 Å². The van der Waals surface area contributed by atoms with E-state index in [0.29, 0.717) is 16.4 Å². The number of aromatic nitrogens is 4. The highest BCUT2D eigenvalue weighted by molar-refractivity contribution is 6.30. The lowest BCUT2D eigenvalue weighted by Gasteiger charge is -2.24. The smallest absolute Gasteiger partial charge is 0.299 e. The molecule has 0 aliphatic carbocycles. The number of hydrogen-bond acceptors (Lipinski definition) is 5. The number of aliphatic hydroxyl groups is 1. The molecule has 126 valence electrons. The lowest BCUT2D eigenvalue weighted by molar-refractivity contribution is 0.0714. The van der Waals surface area contributed by atoms with Crippen LogP contribution in [0.5, 0.6) is 0 Å². The predicted octanol–water partition coefficient (Wildman–Crippen LogP) is 3.03. The minimum atomic E-state index is -2.78. The van der Waals surface area contributed by atoms with Crippen LogP contribution in [0.3, 0.4) is 0 Å². The third-order valence-electron chi connectivity index (χ3n) is 3.54. The van der Waals surface area contributed by atoms with Crippen molar-refractivity contribution >= 4 is 23.1 Å². The topological polar surface area (TPSA) is 75.3 Å². The van der Waals surface area contributed by atoms with Gasteiger partial charge in [-0.05, 0) is 36.8 Å². The quantitative estimate of drug-likeness (QED) is 0.737. The number of nitrogens with one attached hydrogen (secondary N) is 1. The molecule has 2 heterocycles. The van der Waals surface area contributed by atoms with E-state index >= 15 is 0 Å². The van der Waals surface area contributed by atoms with Crippen LogP contribution in [0.25, 0.3) is 5.65 Å². The third kappa shape index (κ3) is 3.29. The lowest BCUT2D eigenvalue weighted by Crippen LogP contribution is -2.31. The molecule has 1 atom stereocenters. The number of nitrogens with zero attached hydrogens (tertiary/aromatic N) is 4. The Balaban J connectivity index is 1.81. The van der Waals surface area contributed by atoms with Crippen LogP contribution in [0.1, 0.15) is 24.7 Å². The fourth-order valence-corrected chi connectivity index (χ4v) is 2.41. The Morgan fingerprint density at radius 3 is 2.79 bits per heavy atom. The maximum Gasteiger partial charge on any atom is 0.299 e. The van der Waals surface area contributed by atoms with Gasteiger partial charge in [-0.3, -0.25) is 0 Å². The van der Waals surface area contributed by atoms with Crippen LogP contribution >= 0.6 is 11.6 Å². The average molecular weight is 354 g/mol. The standard InChI is InChI=1S/C15H14ClF2N5O/c1-15(24,9-3-2-4-10(16)7-9)8-19-11-5-6-12-20-21-14(13(17)18)23(12)22-11/h2-7,13,24H,8H2,1H3,(H,19,22). The Morgan fingerprint density at radius 2 is 2.08 bits per heavy atom. The Kier molecular flexibility index (Phi) is 4.33. The van der Waals surface area contributed by atoms with E-state index in [1.54, 1.807) is 37.3 Å². The van der Waals surface area contributed by atoms with Gasteiger partial charge in [0.15, 0.2) is 5.65 Å². The van der Waals surface area contributed by atoms with Crippen molar-refractivity contribution in [2.45, 2.75) is 19.0 Å². The van der Waals surface area contributed by atoms with Crippen molar-refractivity contribution in [2.24, 2.45) is 0 Å². The molecule has 0 saturated heterocycles. The van der Waals surface area contributed by atoms with Crippen LogP contribution in [0.4, 0.5) is 14.6 Å². The number of rotatable bonds is 5. The van der Waals surface area contributed by atoms with Gasteiger partial charge in [0.25, 0.3) is 6.43 Å². The van der Waals surface area contributed by atoms with Crippen molar-refractivity contribution in [1.82, 2.24) is 19.8 Å². The summed E-state index contributed by atoms with van der Waals surface area (Å²) in [4.78, 5) is 0. The second-order valence-corrected chi connectivity index (χ2v) is 5.92. The largest absolute Gasteiger partial charge is 0.384 e. The molecule has 0 aliphatic heterocycles. The van der Waals surface area contributed by atoms with E-state index in [1.165, 1.54) is 6.07 Å². The summed E-state index contributed by atoms with van der Waals surface area (Å²) in [7, 11) is 0. The maximum atomic E-state index is 12.9. The first-order valence-electron chi connectivity index (χ1n) is 7.09. The number of hydrogen-bond donors (Lipinski definition) is 2. The van der Waals surface area contributed by atoms with E-state index in [9.17, 15) is 13.9 Å². The molecule has 2 aromatic heterocycles. The summed E-state index contributed by atoms with van der Waals surface area (Å²) >= 11 is 5.94. The molecule has 0 aliphatic rings. The summed E-state index contributed by atoms with van der Waals surface area (Å²) in [5.74, 6) is -0.221. The van der Waals surface area contributed by atoms with Crippen LogP contribution in [-0.2, 0) is 5.60 Å². The molecular weight excluding hydrogens is 340 g/mol. The van der Waals surface area contributed by atoms with Gasteiger partial charge < -0.3 is 10.4 Å². The second kappa shape index (κ2) is 6.29. The van der Waals surface area contributed by atoms with Crippen molar-refractivity contribution in [3.8, 4) is 0 Å². The minimum absolute atomic E-state index is 0.109. The van der Waals surface area contributed by atoms with E-state index in [1.807, 2.05) is 0 Å². The molecular formula is C15H14ClF2N5O. The molecule has 0 saturated carbocycles. The van der Waals surface area contributed by atoms with Crippen LogP contribution < -0.4 is 5.32 Å². The number of alkyl halides is 2. The van der Waals surface area contributed by atoms with Gasteiger partial charge in [0.1, 0.15) is 11.4 Å². The van der Waals surface area contributed by atoms with Crippen molar-refractivity contribution in [3.63, 3.8) is 0 Å². The van der Waals surface area contributed by atoms with Crippen LogP contribution in [0, 0.1) is 0 Å². The lowest BCUT2D eigenvalue weighted by atomic mass is 9.96. The monoisotopic (exact) mass is 353 g/mol. The number of benzene rings is 1. The molecule has 0 bridgehead atoms. The van der Waals surface area contributed by atoms with Gasteiger partial charge >= 0.3 is 0 Å². The molecule has 0 radical (unpaired) electrons. The highest BCUT2D eigenvalue weighted by atomic mass is 35.5. The first-order chi connectivity index (χ1) is 11.4. The van der Waals surface area contributed by atoms with E-state index in [4.69, 9.17) is 11.6 Å². The van der Waals surface area contributed by atoms with Gasteiger partial charge in [0.05, 0.1) is 0 Å². The molecule has 2 N–H and O–H groups in total. The van der Waals surface area contributed by atoms with Gasteiger partial charge in [-0.15, -0.1) is 15.3 Å². The Hall–Kier alpha value is -2.32. The van der Waals surface area contributed by atoms with E-state index in [0.717, 1.165) is 4.52 Å². The normalized spacial score (nSPS) is 14.1. The molecule has 3 aromatic rings. The molecule has 0 fully saturated rings. The van der Waals surface area contributed by atoms with E-state index in [-0.39, 0.29) is 12.2 Å². The fraction of sp³-hybridized carbons (Fsp3) is 0.267. The fourth-order valence-electron chi connectivity index (χ4n) is 2.22. The summed E-state index contributed by atoms with van der Waals surface area (Å²) in [6.45, 7) is 1.73. The Bertz CT molecular complexity index is 868. The summed E-state index contributed by atoms with van der Waals surface area (Å²) in [5.41, 5.74) is -0.376. The molecule has 0 amide bonds. The molecule has 0 spiro atoms. The van der Waals surface area contributed by atoms with Crippen LogP contribution in [0.15, 0.2) is 36.4 Å². The van der Waals surface area contributed by atoms with E-state index in [2.05, 4.69) is 20.6 Å². The minimum Gasteiger partial charge on any atom is -0.384 e. The third-order valence-corrected chi connectivity index (χ3v) is 3.78. The van der Waals surface area contributed by atoms with Crippen molar-refractivity contribution in [3.05, 3.63) is 52.8 Å². The average Bonchev–Trinajstić information content (AvgIpc) is 2.96. The molecule has 1 aromatic carbocycles. The molecule has 24 heavy (non-hydrogen) atoms. The summed E-state index contributed by atoms with van der Waals surface area (Å²) in [6, 6.07) is 9.95. The zero-order valence-electron chi connectivity index (χ0n) is 12.6. The zero-order chi connectivity index (χ0) is 17.3. The van der Waals surface area contributed by atoms with Crippen LogP contribution in [0.2, 0.25) is 5.02 Å². The van der Waals surface area contributed by atoms with Gasteiger partial charge in [0.2, 0.25) is 5.82 Å². The van der Waals surface area contributed by atoms with Crippen molar-refractivity contribution in [1.29, 1.82) is 0 Å². The van der Waals surface area contributed by atoms with Crippen molar-refractivity contribution in [2.75, 3.05) is 11.9 Å². The highest BCUT2D eigenvalue weighted by Crippen LogP contribution is 2.24. The highest BCUT2D eigenvalue weighted by Gasteiger charge is 2.23. The molecule has 1 unspecified atom stereocenters. The summed E-state index contributed by atoms with van der Waals surface area (Å²) in [5, 5.41) is 25.1. The number of anilines is 1. The van der Waals surface area contributed by atoms with E-state index < -0.39 is 17.9 Å². The first-order valence-corrected chi connectivity index (χ1v) is 7.47. The Labute approximate surface area is 141 Å². The van der Waals surface area contributed by atoms with Gasteiger partial charge in [0, 0.05) is 11.6 Å². The predicted molar refractivity (Wildman–Crippen MR) is 85.3 cm³/mol. The molecule has 3 rings (SSSR count). The molecule has 6 nitrogen and oxygen atoms in total. The van der Waals surface area contributed by atoms with Gasteiger partial charge in [-0.1, -0.05) is 23.7 Å². The molecule has 9 heteroatoms. The zero-order valence-corrected chi connectivity index (χ0v) is 13.4. The second-order valence-electron chi connectivity index (χ2n) is 5.49. The van der Waals surface area contributed by atoms with Gasteiger partial charge in [-0.25, -0.2) is 8.78 Å². The number of halogens is 3. The summed E-state index contributed by atoms with van der Waals surface area (Å²) in [6.07, 6.45) is -2.78.